The molecule has 0 saturated carbocycles. The number of nitrogens with one attached hydrogen (secondary N) is 3. The fourth-order valence-electron chi connectivity index (χ4n) is 4.61. The molecule has 1 fully saturated rings. The van der Waals surface area contributed by atoms with Gasteiger partial charge in [-0.15, -0.1) is 0 Å². The number of carbonyl (C=O) groups is 1. The van der Waals surface area contributed by atoms with Crippen LogP contribution < -0.4 is 20.1 Å². The Morgan fingerprint density at radius 3 is 2.70 bits per heavy atom. The van der Waals surface area contributed by atoms with E-state index in [9.17, 15) is 4.79 Å². The zero-order valence-corrected chi connectivity index (χ0v) is 20.7. The molecule has 2 aromatic heterocycles. The highest BCUT2D eigenvalue weighted by molar-refractivity contribution is 6.03. The summed E-state index contributed by atoms with van der Waals surface area (Å²) < 4.78 is 16.3. The number of amides is 1. The van der Waals surface area contributed by atoms with Gasteiger partial charge in [0.15, 0.2) is 0 Å². The highest BCUT2D eigenvalue weighted by Crippen LogP contribution is 2.37. The Morgan fingerprint density at radius 2 is 1.95 bits per heavy atom. The Hall–Kier alpha value is -4.44. The summed E-state index contributed by atoms with van der Waals surface area (Å²) in [6.07, 6.45) is 1.91. The average Bonchev–Trinajstić information content (AvgIpc) is 3.49. The van der Waals surface area contributed by atoms with Crippen molar-refractivity contribution in [1.29, 1.82) is 0 Å². The first-order valence-electron chi connectivity index (χ1n) is 12.0. The van der Waals surface area contributed by atoms with Crippen molar-refractivity contribution in [1.82, 2.24) is 20.3 Å². The molecule has 0 unspecified atom stereocenters. The quantitative estimate of drug-likeness (QED) is 0.354. The van der Waals surface area contributed by atoms with Crippen molar-refractivity contribution in [3.05, 3.63) is 59.3 Å². The third-order valence-corrected chi connectivity index (χ3v) is 6.67. The molecular formula is C27H26N6O4. The van der Waals surface area contributed by atoms with Crippen LogP contribution in [0.4, 0.5) is 11.6 Å². The van der Waals surface area contributed by atoms with E-state index < -0.39 is 0 Å². The molecule has 0 atom stereocenters. The first-order valence-corrected chi connectivity index (χ1v) is 12.0. The smallest absolute Gasteiger partial charge is 0.251 e. The molecule has 4 heterocycles. The first-order chi connectivity index (χ1) is 18.0. The number of nitrogens with zero attached hydrogens (tertiary/aromatic N) is 3. The van der Waals surface area contributed by atoms with Crippen molar-refractivity contribution in [2.75, 3.05) is 32.8 Å². The zero-order chi connectivity index (χ0) is 25.5. The summed E-state index contributed by atoms with van der Waals surface area (Å²) in [7, 11) is 3.14. The lowest BCUT2D eigenvalue weighted by atomic mass is 9.99. The molecule has 0 radical (unpaired) electrons. The van der Waals surface area contributed by atoms with Crippen LogP contribution in [-0.2, 0) is 11.3 Å². The minimum absolute atomic E-state index is 0.0452. The predicted molar refractivity (Wildman–Crippen MR) is 140 cm³/mol. The number of methoxy groups -OCH3 is 2. The summed E-state index contributed by atoms with van der Waals surface area (Å²) in [6.45, 7) is 3.79. The summed E-state index contributed by atoms with van der Waals surface area (Å²) in [6, 6.07) is 11.6. The lowest BCUT2D eigenvalue weighted by molar-refractivity contribution is -0.00346. The van der Waals surface area contributed by atoms with Gasteiger partial charge in [0.05, 0.1) is 51.1 Å². The molecule has 2 aliphatic rings. The van der Waals surface area contributed by atoms with Crippen LogP contribution >= 0.6 is 0 Å². The highest BCUT2D eigenvalue weighted by atomic mass is 16.5. The second kappa shape index (κ2) is 9.21. The lowest BCUT2D eigenvalue weighted by Gasteiger charge is -2.26. The minimum Gasteiger partial charge on any atom is -0.495 e. The van der Waals surface area contributed by atoms with E-state index in [-0.39, 0.29) is 11.9 Å². The number of hydrogen-bond donors (Lipinski definition) is 3. The number of carbonyl (C=O) groups excluding carboxylic acids is 1. The summed E-state index contributed by atoms with van der Waals surface area (Å²) in [5.41, 5.74) is 7.20. The van der Waals surface area contributed by atoms with Gasteiger partial charge >= 0.3 is 0 Å². The van der Waals surface area contributed by atoms with Crippen molar-refractivity contribution in [2.45, 2.75) is 19.5 Å². The van der Waals surface area contributed by atoms with E-state index in [1.807, 2.05) is 13.1 Å². The zero-order valence-electron chi connectivity index (χ0n) is 20.7. The molecule has 188 valence electrons. The number of benzene rings is 2. The van der Waals surface area contributed by atoms with Gasteiger partial charge in [0.1, 0.15) is 11.4 Å². The molecule has 10 nitrogen and oxygen atoms in total. The number of rotatable bonds is 7. The van der Waals surface area contributed by atoms with Crippen LogP contribution in [0.5, 0.6) is 11.6 Å². The van der Waals surface area contributed by atoms with E-state index in [0.717, 1.165) is 22.2 Å². The molecule has 2 aliphatic heterocycles. The lowest BCUT2D eigenvalue weighted by Crippen LogP contribution is -2.48. The summed E-state index contributed by atoms with van der Waals surface area (Å²) in [4.78, 5) is 29.6. The molecule has 2 aromatic carbocycles. The molecule has 0 aliphatic carbocycles. The number of aliphatic imine (C=N–C) groups is 1. The van der Waals surface area contributed by atoms with Gasteiger partial charge in [-0.3, -0.25) is 9.79 Å². The standard InChI is InChI=1S/C27H26N6O4/c1-14-19-6-4-15(8-17(19)10-28-14)20-11-29-24-23(20)26(36-3)33-27(32-24)31-21-7-5-16(9-22(21)35-2)25(34)30-18-12-37-13-18/h4-9,11,18H,10,12-13H2,1-3H3,(H,30,34)(H2,29,31,32,33). The number of anilines is 2. The van der Waals surface area contributed by atoms with Gasteiger partial charge in [0.2, 0.25) is 11.8 Å². The highest BCUT2D eigenvalue weighted by Gasteiger charge is 2.22. The SMILES string of the molecule is COc1cc(C(=O)NC2COC2)ccc1Nc1nc(OC)c2c(-c3ccc4c(c3)CN=C4C)c[nH]c2n1. The van der Waals surface area contributed by atoms with Gasteiger partial charge in [0, 0.05) is 28.6 Å². The van der Waals surface area contributed by atoms with Gasteiger partial charge in [-0.1, -0.05) is 12.1 Å². The Labute approximate surface area is 213 Å². The molecule has 4 aromatic rings. The largest absolute Gasteiger partial charge is 0.495 e. The Morgan fingerprint density at radius 1 is 1.08 bits per heavy atom. The van der Waals surface area contributed by atoms with Crippen molar-refractivity contribution in [3.8, 4) is 22.8 Å². The third kappa shape index (κ3) is 4.15. The van der Waals surface area contributed by atoms with Crippen molar-refractivity contribution >= 4 is 34.3 Å². The van der Waals surface area contributed by atoms with Crippen LogP contribution in [0, 0.1) is 0 Å². The third-order valence-electron chi connectivity index (χ3n) is 6.67. The van der Waals surface area contributed by atoms with Crippen LogP contribution in [-0.4, -0.2) is 60.0 Å². The van der Waals surface area contributed by atoms with Gasteiger partial charge in [-0.25, -0.2) is 0 Å². The fourth-order valence-corrected chi connectivity index (χ4v) is 4.61. The van der Waals surface area contributed by atoms with Gasteiger partial charge in [0.25, 0.3) is 5.91 Å². The van der Waals surface area contributed by atoms with E-state index >= 15 is 0 Å². The number of aromatic nitrogens is 3. The monoisotopic (exact) mass is 498 g/mol. The van der Waals surface area contributed by atoms with E-state index in [4.69, 9.17) is 14.2 Å². The number of aromatic amines is 1. The van der Waals surface area contributed by atoms with E-state index in [1.54, 1.807) is 32.4 Å². The second-order valence-corrected chi connectivity index (χ2v) is 9.00. The fraction of sp³-hybridized carbons (Fsp3) is 0.259. The average molecular weight is 499 g/mol. The van der Waals surface area contributed by atoms with Crippen molar-refractivity contribution < 1.29 is 19.0 Å². The topological polar surface area (TPSA) is 123 Å². The molecule has 10 heteroatoms. The molecule has 6 rings (SSSR count). The second-order valence-electron chi connectivity index (χ2n) is 9.00. The summed E-state index contributed by atoms with van der Waals surface area (Å²) in [5.74, 6) is 1.08. The number of fused-ring (bicyclic) bond motifs is 2. The van der Waals surface area contributed by atoms with Crippen LogP contribution in [0.25, 0.3) is 22.2 Å². The molecule has 1 amide bonds. The molecule has 3 N–H and O–H groups in total. The van der Waals surface area contributed by atoms with Crippen molar-refractivity contribution in [3.63, 3.8) is 0 Å². The van der Waals surface area contributed by atoms with Crippen LogP contribution in [0.2, 0.25) is 0 Å². The maximum Gasteiger partial charge on any atom is 0.251 e. The van der Waals surface area contributed by atoms with Crippen LogP contribution in [0.15, 0.2) is 47.6 Å². The number of hydrogen-bond acceptors (Lipinski definition) is 8. The normalized spacial score (nSPS) is 14.6. The molecule has 1 saturated heterocycles. The Kier molecular flexibility index (Phi) is 5.72. The maximum absolute atomic E-state index is 12.5. The predicted octanol–water partition coefficient (Wildman–Crippen LogP) is 3.84. The first kappa shape index (κ1) is 23.0. The van der Waals surface area contributed by atoms with E-state index in [1.165, 1.54) is 11.1 Å². The summed E-state index contributed by atoms with van der Waals surface area (Å²) in [5, 5.41) is 6.92. The van der Waals surface area contributed by atoms with Gasteiger partial charge in [-0.05, 0) is 42.3 Å². The summed E-state index contributed by atoms with van der Waals surface area (Å²) >= 11 is 0. The van der Waals surface area contributed by atoms with Gasteiger partial charge < -0.3 is 29.8 Å². The maximum atomic E-state index is 12.5. The minimum atomic E-state index is -0.176. The molecular weight excluding hydrogens is 472 g/mol. The molecule has 37 heavy (non-hydrogen) atoms. The van der Waals surface area contributed by atoms with Crippen molar-refractivity contribution in [2.24, 2.45) is 4.99 Å². The number of H-pyrrole nitrogens is 1. The molecule has 0 bridgehead atoms. The van der Waals surface area contributed by atoms with E-state index in [2.05, 4.69) is 48.8 Å². The van der Waals surface area contributed by atoms with E-state index in [0.29, 0.717) is 54.2 Å². The van der Waals surface area contributed by atoms with Gasteiger partial charge in [-0.2, -0.15) is 9.97 Å². The Bertz CT molecular complexity index is 1560. The van der Waals surface area contributed by atoms with Crippen LogP contribution in [0.3, 0.4) is 0 Å². The molecule has 0 spiro atoms. The Balaban J connectivity index is 1.30. The number of ether oxygens (including phenoxy) is 3. The van der Waals surface area contributed by atoms with Crippen LogP contribution in [0.1, 0.15) is 28.4 Å².